The highest BCUT2D eigenvalue weighted by molar-refractivity contribution is 5.93. The summed E-state index contributed by atoms with van der Waals surface area (Å²) in [7, 11) is 0. The molecule has 8 N–H and O–H groups in total. The van der Waals surface area contributed by atoms with Crippen LogP contribution in [-0.4, -0.2) is 11.7 Å². The van der Waals surface area contributed by atoms with Crippen molar-refractivity contribution < 1.29 is 20.3 Å². The van der Waals surface area contributed by atoms with Crippen LogP contribution in [-0.2, 0) is 0 Å². The fraction of sp³-hybridized carbons (Fsp3) is 0. The van der Waals surface area contributed by atoms with Crippen molar-refractivity contribution in [1.82, 2.24) is 0 Å². The highest BCUT2D eigenvalue weighted by Gasteiger charge is 2.05. The van der Waals surface area contributed by atoms with E-state index in [1.807, 2.05) is 24.3 Å². The van der Waals surface area contributed by atoms with Crippen LogP contribution in [0.4, 0.5) is 0 Å². The van der Waals surface area contributed by atoms with E-state index in [2.05, 4.69) is 0 Å². The van der Waals surface area contributed by atoms with Gasteiger partial charge in [0, 0.05) is 0 Å². The van der Waals surface area contributed by atoms with E-state index in [9.17, 15) is 0 Å². The van der Waals surface area contributed by atoms with Gasteiger partial charge in [-0.2, -0.15) is 0 Å². The molecule has 0 bridgehead atoms. The molecule has 0 saturated heterocycles. The van der Waals surface area contributed by atoms with E-state index < -0.39 is 0 Å². The Morgan fingerprint density at radius 3 is 0.962 bits per heavy atom. The molecule has 3 aromatic rings. The Labute approximate surface area is 151 Å². The third kappa shape index (κ3) is 4.18. The Hall–Kier alpha value is -3.80. The number of benzene rings is 3. The van der Waals surface area contributed by atoms with Crippen LogP contribution < -0.4 is 31.8 Å². The van der Waals surface area contributed by atoms with E-state index in [1.54, 1.807) is 48.5 Å². The molecule has 3 aromatic carbocycles. The van der Waals surface area contributed by atoms with E-state index in [4.69, 9.17) is 31.8 Å². The zero-order chi connectivity index (χ0) is 18.5. The molecule has 0 unspecified atom stereocenters. The van der Waals surface area contributed by atoms with Crippen LogP contribution in [0.2, 0.25) is 0 Å². The van der Waals surface area contributed by atoms with Crippen LogP contribution >= 0.6 is 0 Å². The average molecular weight is 348 g/mol. The smallest absolute Gasteiger partial charge is 0.270 e. The molecule has 0 atom stereocenters. The van der Waals surface area contributed by atoms with Gasteiger partial charge in [-0.3, -0.25) is 22.3 Å². The Bertz CT molecular complexity index is 839. The van der Waals surface area contributed by atoms with Crippen LogP contribution in [0.5, 0.6) is 23.0 Å². The molecule has 6 nitrogen and oxygen atoms in total. The average Bonchev–Trinajstić information content (AvgIpc) is 2.64. The van der Waals surface area contributed by atoms with E-state index >= 15 is 0 Å². The van der Waals surface area contributed by atoms with Gasteiger partial charge < -0.3 is 9.47 Å². The monoisotopic (exact) mass is 348 g/mol. The second-order valence-corrected chi connectivity index (χ2v) is 5.63. The fourth-order valence-corrected chi connectivity index (χ4v) is 2.28. The summed E-state index contributed by atoms with van der Waals surface area (Å²) in [6.45, 7) is 0. The van der Waals surface area contributed by atoms with Crippen LogP contribution in [0.1, 0.15) is 11.1 Å². The minimum absolute atomic E-state index is 0.276. The molecule has 0 amide bonds. The zero-order valence-electron chi connectivity index (χ0n) is 14.1. The van der Waals surface area contributed by atoms with E-state index in [1.165, 1.54) is 0 Å². The molecule has 3 rings (SSSR count). The molecular formula is C20H20N4O2+2. The SMILES string of the molecule is NC(=[NH2+])c1ccc(Oc2ccc(Oc3ccc(C(N)=[NH2+])cc3)cc2)cc1. The highest BCUT2D eigenvalue weighted by atomic mass is 16.5. The zero-order valence-corrected chi connectivity index (χ0v) is 14.1. The van der Waals surface area contributed by atoms with Gasteiger partial charge in [-0.15, -0.1) is 0 Å². The van der Waals surface area contributed by atoms with Crippen LogP contribution in [0.25, 0.3) is 0 Å². The lowest BCUT2D eigenvalue weighted by molar-refractivity contribution is -0.115. The summed E-state index contributed by atoms with van der Waals surface area (Å²) in [5.41, 5.74) is 12.6. The van der Waals surface area contributed by atoms with E-state index in [-0.39, 0.29) is 11.7 Å². The molecule has 0 saturated carbocycles. The minimum Gasteiger partial charge on any atom is -0.457 e. The second kappa shape index (κ2) is 7.40. The summed E-state index contributed by atoms with van der Waals surface area (Å²) in [5, 5.41) is 11.1. The second-order valence-electron chi connectivity index (χ2n) is 5.63. The Morgan fingerprint density at radius 1 is 0.500 bits per heavy atom. The van der Waals surface area contributed by atoms with Crippen LogP contribution in [0, 0.1) is 0 Å². The van der Waals surface area contributed by atoms with Crippen molar-refractivity contribution in [3.05, 3.63) is 83.9 Å². The summed E-state index contributed by atoms with van der Waals surface area (Å²) in [5.74, 6) is 3.31. The first-order valence-electron chi connectivity index (χ1n) is 7.94. The first-order valence-corrected chi connectivity index (χ1v) is 7.94. The molecule has 0 aliphatic rings. The van der Waals surface area contributed by atoms with Crippen LogP contribution in [0.3, 0.4) is 0 Å². The van der Waals surface area contributed by atoms with Crippen molar-refractivity contribution in [1.29, 1.82) is 0 Å². The number of amidine groups is 2. The number of hydrogen-bond acceptors (Lipinski definition) is 2. The summed E-state index contributed by atoms with van der Waals surface area (Å²) in [4.78, 5) is 0. The molecule has 0 aliphatic carbocycles. The first kappa shape index (κ1) is 17.0. The third-order valence-corrected chi connectivity index (χ3v) is 3.67. The Balaban J connectivity index is 1.64. The Kier molecular flexibility index (Phi) is 4.85. The summed E-state index contributed by atoms with van der Waals surface area (Å²) < 4.78 is 11.6. The molecular weight excluding hydrogens is 328 g/mol. The van der Waals surface area contributed by atoms with Gasteiger partial charge in [0.1, 0.15) is 23.0 Å². The topological polar surface area (TPSA) is 122 Å². The van der Waals surface area contributed by atoms with Gasteiger partial charge in [0.15, 0.2) is 0 Å². The van der Waals surface area contributed by atoms with Gasteiger partial charge in [0.05, 0.1) is 11.1 Å². The first-order chi connectivity index (χ1) is 12.5. The molecule has 26 heavy (non-hydrogen) atoms. The van der Waals surface area contributed by atoms with Gasteiger partial charge in [0.25, 0.3) is 11.7 Å². The highest BCUT2D eigenvalue weighted by Crippen LogP contribution is 2.27. The van der Waals surface area contributed by atoms with Crippen molar-refractivity contribution in [3.8, 4) is 23.0 Å². The largest absolute Gasteiger partial charge is 0.457 e. The van der Waals surface area contributed by atoms with Gasteiger partial charge >= 0.3 is 0 Å². The standard InChI is InChI=1S/C20H18N4O2/c21-19(22)13-1-5-15(6-2-13)25-17-9-11-18(12-10-17)26-16-7-3-14(4-8-16)20(23)24/h1-12H,(H3,21,22)(H3,23,24)/p+2. The van der Waals surface area contributed by atoms with Crippen molar-refractivity contribution in [2.24, 2.45) is 11.5 Å². The van der Waals surface area contributed by atoms with E-state index in [0.717, 1.165) is 11.1 Å². The lowest BCUT2D eigenvalue weighted by atomic mass is 10.2. The summed E-state index contributed by atoms with van der Waals surface area (Å²) >= 11 is 0. The normalized spacial score (nSPS) is 10.2. The number of ether oxygens (including phenoxy) is 2. The van der Waals surface area contributed by atoms with Crippen LogP contribution in [0.15, 0.2) is 72.8 Å². The molecule has 0 radical (unpaired) electrons. The maximum absolute atomic E-state index is 5.78. The lowest BCUT2D eigenvalue weighted by Gasteiger charge is -2.08. The van der Waals surface area contributed by atoms with Crippen molar-refractivity contribution >= 4 is 11.7 Å². The maximum Gasteiger partial charge on any atom is 0.270 e. The minimum atomic E-state index is 0.276. The predicted molar refractivity (Wildman–Crippen MR) is 99.9 cm³/mol. The summed E-state index contributed by atoms with van der Waals surface area (Å²) in [6.07, 6.45) is 0. The molecule has 6 heteroatoms. The van der Waals surface area contributed by atoms with Gasteiger partial charge in [-0.1, -0.05) is 0 Å². The van der Waals surface area contributed by atoms with Crippen molar-refractivity contribution in [3.63, 3.8) is 0 Å². The number of hydrogen-bond donors (Lipinski definition) is 4. The molecule has 0 spiro atoms. The van der Waals surface area contributed by atoms with Crippen molar-refractivity contribution in [2.45, 2.75) is 0 Å². The summed E-state index contributed by atoms with van der Waals surface area (Å²) in [6, 6.07) is 21.7. The number of rotatable bonds is 6. The Morgan fingerprint density at radius 2 is 0.731 bits per heavy atom. The molecule has 130 valence electrons. The maximum atomic E-state index is 5.78. The van der Waals surface area contributed by atoms with Gasteiger partial charge in [-0.05, 0) is 72.8 Å². The van der Waals surface area contributed by atoms with Gasteiger partial charge in [-0.25, -0.2) is 0 Å². The number of nitrogens with two attached hydrogens (primary N) is 4. The molecule has 0 aliphatic heterocycles. The van der Waals surface area contributed by atoms with E-state index in [0.29, 0.717) is 23.0 Å². The molecule has 0 aromatic heterocycles. The quantitative estimate of drug-likeness (QED) is 0.375. The predicted octanol–water partition coefficient (Wildman–Crippen LogP) is 0.200. The third-order valence-electron chi connectivity index (χ3n) is 3.67. The van der Waals surface area contributed by atoms with Crippen molar-refractivity contribution in [2.75, 3.05) is 0 Å². The fourth-order valence-electron chi connectivity index (χ4n) is 2.28. The van der Waals surface area contributed by atoms with Gasteiger partial charge in [0.2, 0.25) is 0 Å². The molecule has 0 fully saturated rings. The molecule has 0 heterocycles. The lowest BCUT2D eigenvalue weighted by Crippen LogP contribution is -2.46.